The van der Waals surface area contributed by atoms with Crippen molar-refractivity contribution < 1.29 is 9.53 Å². The molecule has 0 aliphatic heterocycles. The Hall–Kier alpha value is -1.26. The number of halogens is 2. The lowest BCUT2D eigenvalue weighted by molar-refractivity contribution is -0.135. The summed E-state index contributed by atoms with van der Waals surface area (Å²) < 4.78 is 4.78. The number of nitrogens with one attached hydrogen (secondary N) is 1. The van der Waals surface area contributed by atoms with Crippen LogP contribution in [0.2, 0.25) is 10.0 Å². The number of hydrazone groups is 1. The second kappa shape index (κ2) is 6.47. The molecular weight excluding hydrogens is 263 g/mol. The van der Waals surface area contributed by atoms with Gasteiger partial charge in [-0.05, 0) is 32.0 Å². The number of carbonyl (C=O) groups excluding carboxylic acids is 1. The molecule has 0 heterocycles. The Kier molecular flexibility index (Phi) is 5.25. The summed E-state index contributed by atoms with van der Waals surface area (Å²) in [5, 5.41) is 4.85. The van der Waals surface area contributed by atoms with E-state index < -0.39 is 5.97 Å². The Morgan fingerprint density at radius 1 is 1.35 bits per heavy atom. The number of esters is 1. The van der Waals surface area contributed by atoms with E-state index in [-0.39, 0.29) is 5.71 Å². The zero-order valence-corrected chi connectivity index (χ0v) is 11.0. The predicted octanol–water partition coefficient (Wildman–Crippen LogP) is 3.34. The summed E-state index contributed by atoms with van der Waals surface area (Å²) in [7, 11) is 0. The van der Waals surface area contributed by atoms with Crippen LogP contribution in [-0.4, -0.2) is 18.3 Å². The summed E-state index contributed by atoms with van der Waals surface area (Å²) >= 11 is 11.6. The van der Waals surface area contributed by atoms with Crippen molar-refractivity contribution >= 4 is 40.6 Å². The SMILES string of the molecule is CCOC(=O)/C(C)=N\Nc1cc(Cl)cc(Cl)c1. The van der Waals surface area contributed by atoms with E-state index in [0.29, 0.717) is 22.3 Å². The molecule has 0 atom stereocenters. The molecule has 1 rings (SSSR count). The van der Waals surface area contributed by atoms with Gasteiger partial charge in [-0.2, -0.15) is 5.10 Å². The number of hydrogen-bond donors (Lipinski definition) is 1. The lowest BCUT2D eigenvalue weighted by Gasteiger charge is -2.04. The standard InChI is InChI=1S/C11H12Cl2N2O2/c1-3-17-11(16)7(2)14-15-10-5-8(12)4-9(13)6-10/h4-6,15H,3H2,1-2H3/b14-7-. The monoisotopic (exact) mass is 274 g/mol. The van der Waals surface area contributed by atoms with Crippen molar-refractivity contribution in [1.82, 2.24) is 0 Å². The van der Waals surface area contributed by atoms with E-state index in [1.165, 1.54) is 0 Å². The largest absolute Gasteiger partial charge is 0.461 e. The molecule has 0 amide bonds. The van der Waals surface area contributed by atoms with Crippen LogP contribution in [0.3, 0.4) is 0 Å². The Labute approximate surface area is 110 Å². The van der Waals surface area contributed by atoms with Gasteiger partial charge in [-0.1, -0.05) is 23.2 Å². The molecule has 0 aliphatic rings. The second-order valence-electron chi connectivity index (χ2n) is 3.19. The molecule has 92 valence electrons. The van der Waals surface area contributed by atoms with Crippen molar-refractivity contribution in [3.05, 3.63) is 28.2 Å². The van der Waals surface area contributed by atoms with Gasteiger partial charge in [0.2, 0.25) is 0 Å². The van der Waals surface area contributed by atoms with E-state index in [9.17, 15) is 4.79 Å². The van der Waals surface area contributed by atoms with Crippen LogP contribution >= 0.6 is 23.2 Å². The van der Waals surface area contributed by atoms with Gasteiger partial charge in [-0.15, -0.1) is 0 Å². The molecule has 1 aromatic rings. The van der Waals surface area contributed by atoms with Gasteiger partial charge in [0.1, 0.15) is 5.71 Å². The van der Waals surface area contributed by atoms with Crippen molar-refractivity contribution in [2.75, 3.05) is 12.0 Å². The quantitative estimate of drug-likeness (QED) is 0.521. The van der Waals surface area contributed by atoms with E-state index >= 15 is 0 Å². The normalized spacial score (nSPS) is 11.2. The fraction of sp³-hybridized carbons (Fsp3) is 0.273. The minimum atomic E-state index is -0.465. The van der Waals surface area contributed by atoms with Crippen molar-refractivity contribution in [3.8, 4) is 0 Å². The molecule has 0 saturated carbocycles. The van der Waals surface area contributed by atoms with Crippen molar-refractivity contribution in [2.24, 2.45) is 5.10 Å². The van der Waals surface area contributed by atoms with Gasteiger partial charge in [-0.25, -0.2) is 4.79 Å². The summed E-state index contributed by atoms with van der Waals surface area (Å²) in [4.78, 5) is 11.3. The van der Waals surface area contributed by atoms with Gasteiger partial charge in [-0.3, -0.25) is 5.43 Å². The second-order valence-corrected chi connectivity index (χ2v) is 4.06. The topological polar surface area (TPSA) is 50.7 Å². The lowest BCUT2D eigenvalue weighted by Crippen LogP contribution is -2.15. The third-order valence-corrected chi connectivity index (χ3v) is 2.22. The van der Waals surface area contributed by atoms with Gasteiger partial charge < -0.3 is 4.74 Å². The summed E-state index contributed by atoms with van der Waals surface area (Å²) in [5.41, 5.74) is 3.51. The predicted molar refractivity (Wildman–Crippen MR) is 69.8 cm³/mol. The van der Waals surface area contributed by atoms with E-state index in [1.54, 1.807) is 32.0 Å². The zero-order valence-electron chi connectivity index (χ0n) is 9.46. The van der Waals surface area contributed by atoms with Crippen molar-refractivity contribution in [1.29, 1.82) is 0 Å². The van der Waals surface area contributed by atoms with E-state index in [0.717, 1.165) is 0 Å². The first-order valence-corrected chi connectivity index (χ1v) is 5.72. The number of carbonyl (C=O) groups is 1. The first-order valence-electron chi connectivity index (χ1n) is 4.96. The van der Waals surface area contributed by atoms with Crippen LogP contribution in [-0.2, 0) is 9.53 Å². The van der Waals surface area contributed by atoms with Crippen LogP contribution in [0, 0.1) is 0 Å². The van der Waals surface area contributed by atoms with E-state index in [4.69, 9.17) is 27.9 Å². The molecule has 6 heteroatoms. The van der Waals surface area contributed by atoms with Crippen LogP contribution in [0.1, 0.15) is 13.8 Å². The highest BCUT2D eigenvalue weighted by atomic mass is 35.5. The summed E-state index contributed by atoms with van der Waals surface area (Å²) in [6.07, 6.45) is 0. The Balaban J connectivity index is 2.71. The number of nitrogens with zero attached hydrogens (tertiary/aromatic N) is 1. The molecule has 1 aromatic carbocycles. The van der Waals surface area contributed by atoms with E-state index in [1.807, 2.05) is 0 Å². The van der Waals surface area contributed by atoms with Crippen LogP contribution in [0.5, 0.6) is 0 Å². The van der Waals surface area contributed by atoms with Crippen LogP contribution < -0.4 is 5.43 Å². The van der Waals surface area contributed by atoms with Crippen molar-refractivity contribution in [2.45, 2.75) is 13.8 Å². The minimum Gasteiger partial charge on any atom is -0.461 e. The maximum Gasteiger partial charge on any atom is 0.354 e. The van der Waals surface area contributed by atoms with Crippen LogP contribution in [0.15, 0.2) is 23.3 Å². The highest BCUT2D eigenvalue weighted by Crippen LogP contribution is 2.22. The molecule has 17 heavy (non-hydrogen) atoms. The van der Waals surface area contributed by atoms with Crippen LogP contribution in [0.4, 0.5) is 5.69 Å². The highest BCUT2D eigenvalue weighted by Gasteiger charge is 2.06. The first-order chi connectivity index (χ1) is 8.02. The summed E-state index contributed by atoms with van der Waals surface area (Å²) in [6.45, 7) is 3.60. The zero-order chi connectivity index (χ0) is 12.8. The van der Waals surface area contributed by atoms with Crippen LogP contribution in [0.25, 0.3) is 0 Å². The maximum absolute atomic E-state index is 11.3. The van der Waals surface area contributed by atoms with Gasteiger partial charge in [0.15, 0.2) is 0 Å². The summed E-state index contributed by atoms with van der Waals surface area (Å²) in [6, 6.07) is 4.90. The fourth-order valence-electron chi connectivity index (χ4n) is 1.05. The number of anilines is 1. The molecule has 0 saturated heterocycles. The fourth-order valence-corrected chi connectivity index (χ4v) is 1.57. The molecule has 0 fully saturated rings. The number of hydrogen-bond acceptors (Lipinski definition) is 4. The molecular formula is C11H12Cl2N2O2. The van der Waals surface area contributed by atoms with Gasteiger partial charge in [0, 0.05) is 10.0 Å². The van der Waals surface area contributed by atoms with E-state index in [2.05, 4.69) is 10.5 Å². The molecule has 0 aliphatic carbocycles. The maximum atomic E-state index is 11.3. The molecule has 0 bridgehead atoms. The molecule has 0 radical (unpaired) electrons. The lowest BCUT2D eigenvalue weighted by atomic mass is 10.3. The highest BCUT2D eigenvalue weighted by molar-refractivity contribution is 6.36. The molecule has 1 N–H and O–H groups in total. The van der Waals surface area contributed by atoms with Crippen molar-refractivity contribution in [3.63, 3.8) is 0 Å². The van der Waals surface area contributed by atoms with Gasteiger partial charge in [0.25, 0.3) is 0 Å². The number of ether oxygens (including phenoxy) is 1. The smallest absolute Gasteiger partial charge is 0.354 e. The molecule has 0 aromatic heterocycles. The van der Waals surface area contributed by atoms with Gasteiger partial charge >= 0.3 is 5.97 Å². The Bertz CT molecular complexity index is 427. The first kappa shape index (κ1) is 13.8. The van der Waals surface area contributed by atoms with Gasteiger partial charge in [0.05, 0.1) is 12.3 Å². The molecule has 4 nitrogen and oxygen atoms in total. The Morgan fingerprint density at radius 2 is 1.94 bits per heavy atom. The third-order valence-electron chi connectivity index (χ3n) is 1.79. The average molecular weight is 275 g/mol. The number of rotatable bonds is 4. The average Bonchev–Trinajstić information content (AvgIpc) is 2.25. The minimum absolute atomic E-state index is 0.225. The molecule has 0 unspecified atom stereocenters. The Morgan fingerprint density at radius 3 is 2.47 bits per heavy atom. The number of benzene rings is 1. The molecule has 0 spiro atoms. The summed E-state index contributed by atoms with van der Waals surface area (Å²) in [5.74, 6) is -0.465. The third kappa shape index (κ3) is 4.63.